The highest BCUT2D eigenvalue weighted by Gasteiger charge is 2.32. The van der Waals surface area contributed by atoms with E-state index in [2.05, 4.69) is 9.88 Å². The number of nitrogens with zero attached hydrogens (tertiary/aromatic N) is 2. The standard InChI is InChI=1S/C21H20Cl2N2O3/c1-25(2)17-4-3-5-18(17)28-21(26)12-6-7-16-19(10-12)27-20(24-16)13-8-14(22)11-15(23)9-13/h6-11,17-18H,3-5H2,1-2H3/t17-,18+/m0/s1. The lowest BCUT2D eigenvalue weighted by Gasteiger charge is -2.25. The summed E-state index contributed by atoms with van der Waals surface area (Å²) >= 11 is 12.1. The molecular weight excluding hydrogens is 399 g/mol. The first-order valence-electron chi connectivity index (χ1n) is 9.15. The second-order valence-corrected chi connectivity index (χ2v) is 8.14. The first-order valence-corrected chi connectivity index (χ1v) is 9.91. The average molecular weight is 419 g/mol. The van der Waals surface area contributed by atoms with Gasteiger partial charge in [0.2, 0.25) is 5.89 Å². The minimum atomic E-state index is -0.343. The molecule has 4 rings (SSSR count). The van der Waals surface area contributed by atoms with Crippen LogP contribution in [0.1, 0.15) is 29.6 Å². The molecule has 0 spiro atoms. The normalized spacial score (nSPS) is 19.5. The summed E-state index contributed by atoms with van der Waals surface area (Å²) in [5.41, 5.74) is 2.28. The van der Waals surface area contributed by atoms with E-state index in [9.17, 15) is 4.79 Å². The van der Waals surface area contributed by atoms with Crippen LogP contribution >= 0.6 is 23.2 Å². The van der Waals surface area contributed by atoms with E-state index >= 15 is 0 Å². The maximum Gasteiger partial charge on any atom is 0.338 e. The number of hydrogen-bond donors (Lipinski definition) is 0. The van der Waals surface area contributed by atoms with E-state index < -0.39 is 0 Å². The van der Waals surface area contributed by atoms with Gasteiger partial charge in [0.15, 0.2) is 5.58 Å². The number of esters is 1. The summed E-state index contributed by atoms with van der Waals surface area (Å²) in [7, 11) is 4.03. The largest absolute Gasteiger partial charge is 0.457 e. The molecule has 0 radical (unpaired) electrons. The highest BCUT2D eigenvalue weighted by Crippen LogP contribution is 2.30. The molecule has 1 aromatic heterocycles. The van der Waals surface area contributed by atoms with Crippen molar-refractivity contribution in [3.63, 3.8) is 0 Å². The first-order chi connectivity index (χ1) is 13.4. The van der Waals surface area contributed by atoms with E-state index in [1.165, 1.54) is 0 Å². The molecule has 0 unspecified atom stereocenters. The zero-order chi connectivity index (χ0) is 19.8. The summed E-state index contributed by atoms with van der Waals surface area (Å²) in [5.74, 6) is 0.0535. The summed E-state index contributed by atoms with van der Waals surface area (Å²) in [6.07, 6.45) is 2.90. The average Bonchev–Trinajstić information content (AvgIpc) is 3.26. The molecule has 0 saturated heterocycles. The number of aromatic nitrogens is 1. The SMILES string of the molecule is CN(C)[C@H]1CCC[C@H]1OC(=O)c1ccc2nc(-c3cc(Cl)cc(Cl)c3)oc2c1. The van der Waals surface area contributed by atoms with Crippen LogP contribution in [0.2, 0.25) is 10.0 Å². The summed E-state index contributed by atoms with van der Waals surface area (Å²) < 4.78 is 11.6. The highest BCUT2D eigenvalue weighted by atomic mass is 35.5. The zero-order valence-electron chi connectivity index (χ0n) is 15.6. The molecule has 146 valence electrons. The van der Waals surface area contributed by atoms with E-state index in [4.69, 9.17) is 32.4 Å². The van der Waals surface area contributed by atoms with Crippen molar-refractivity contribution in [2.45, 2.75) is 31.4 Å². The number of carbonyl (C=O) groups is 1. The molecule has 1 fully saturated rings. The lowest BCUT2D eigenvalue weighted by molar-refractivity contribution is 0.0151. The lowest BCUT2D eigenvalue weighted by atomic mass is 10.2. The lowest BCUT2D eigenvalue weighted by Crippen LogP contribution is -2.37. The third-order valence-electron chi connectivity index (χ3n) is 5.07. The second-order valence-electron chi connectivity index (χ2n) is 7.27. The van der Waals surface area contributed by atoms with Crippen LogP contribution in [0.25, 0.3) is 22.6 Å². The van der Waals surface area contributed by atoms with Gasteiger partial charge >= 0.3 is 5.97 Å². The van der Waals surface area contributed by atoms with Crippen LogP contribution in [-0.2, 0) is 4.74 Å². The molecular formula is C21H20Cl2N2O3. The fourth-order valence-corrected chi connectivity index (χ4v) is 4.22. The predicted molar refractivity (Wildman–Crippen MR) is 110 cm³/mol. The van der Waals surface area contributed by atoms with Gasteiger partial charge in [-0.15, -0.1) is 0 Å². The Balaban J connectivity index is 1.58. The van der Waals surface area contributed by atoms with E-state index in [0.717, 1.165) is 19.3 Å². The number of halogens is 2. The zero-order valence-corrected chi connectivity index (χ0v) is 17.1. The molecule has 5 nitrogen and oxygen atoms in total. The Morgan fingerprint density at radius 3 is 2.61 bits per heavy atom. The van der Waals surface area contributed by atoms with Gasteiger partial charge in [-0.25, -0.2) is 9.78 Å². The monoisotopic (exact) mass is 418 g/mol. The number of oxazole rings is 1. The van der Waals surface area contributed by atoms with Gasteiger partial charge in [0, 0.05) is 21.7 Å². The minimum Gasteiger partial charge on any atom is -0.457 e. The van der Waals surface area contributed by atoms with E-state index in [-0.39, 0.29) is 18.1 Å². The molecule has 2 atom stereocenters. The van der Waals surface area contributed by atoms with Crippen molar-refractivity contribution < 1.29 is 13.9 Å². The van der Waals surface area contributed by atoms with Gasteiger partial charge in [0.05, 0.1) is 5.56 Å². The van der Waals surface area contributed by atoms with Crippen LogP contribution in [0.5, 0.6) is 0 Å². The van der Waals surface area contributed by atoms with Crippen LogP contribution in [0, 0.1) is 0 Å². The van der Waals surface area contributed by atoms with Crippen molar-refractivity contribution in [2.24, 2.45) is 0 Å². The topological polar surface area (TPSA) is 55.6 Å². The Morgan fingerprint density at radius 2 is 1.89 bits per heavy atom. The van der Waals surface area contributed by atoms with Crippen LogP contribution in [0.4, 0.5) is 0 Å². The maximum atomic E-state index is 12.6. The maximum absolute atomic E-state index is 12.6. The minimum absolute atomic E-state index is 0.0860. The molecule has 7 heteroatoms. The summed E-state index contributed by atoms with van der Waals surface area (Å²) in [6, 6.07) is 10.5. The first kappa shape index (κ1) is 19.2. The van der Waals surface area contributed by atoms with Crippen molar-refractivity contribution in [1.29, 1.82) is 0 Å². The Hall–Kier alpha value is -2.08. The molecule has 1 aliphatic rings. The Bertz CT molecular complexity index is 1010. The molecule has 1 aliphatic carbocycles. The van der Waals surface area contributed by atoms with E-state index in [1.807, 2.05) is 14.1 Å². The molecule has 0 amide bonds. The number of likely N-dealkylation sites (N-methyl/N-ethyl adjacent to an activating group) is 1. The van der Waals surface area contributed by atoms with E-state index in [0.29, 0.717) is 38.2 Å². The third-order valence-corrected chi connectivity index (χ3v) is 5.51. The third kappa shape index (κ3) is 3.88. The van der Waals surface area contributed by atoms with Crippen LogP contribution in [0.3, 0.4) is 0 Å². The van der Waals surface area contributed by atoms with Crippen LogP contribution in [0.15, 0.2) is 40.8 Å². The van der Waals surface area contributed by atoms with Gasteiger partial charge in [-0.1, -0.05) is 23.2 Å². The number of hydrogen-bond acceptors (Lipinski definition) is 5. The quantitative estimate of drug-likeness (QED) is 0.527. The Kier molecular flexibility index (Phi) is 5.32. The van der Waals surface area contributed by atoms with Gasteiger partial charge in [-0.05, 0) is 69.8 Å². The smallest absolute Gasteiger partial charge is 0.338 e. The number of ether oxygens (including phenoxy) is 1. The van der Waals surface area contributed by atoms with E-state index in [1.54, 1.807) is 36.4 Å². The van der Waals surface area contributed by atoms with Crippen molar-refractivity contribution in [2.75, 3.05) is 14.1 Å². The summed E-state index contributed by atoms with van der Waals surface area (Å²) in [5, 5.41) is 1.00. The molecule has 1 heterocycles. The molecule has 0 N–H and O–H groups in total. The van der Waals surface area contributed by atoms with Crippen molar-refractivity contribution >= 4 is 40.3 Å². The van der Waals surface area contributed by atoms with Crippen LogP contribution < -0.4 is 0 Å². The van der Waals surface area contributed by atoms with Crippen molar-refractivity contribution in [3.8, 4) is 11.5 Å². The highest BCUT2D eigenvalue weighted by molar-refractivity contribution is 6.35. The van der Waals surface area contributed by atoms with Gasteiger partial charge in [0.1, 0.15) is 11.6 Å². The predicted octanol–water partition coefficient (Wildman–Crippen LogP) is 5.44. The number of benzene rings is 2. The molecule has 2 aromatic carbocycles. The molecule has 0 bridgehead atoms. The number of rotatable bonds is 4. The number of fused-ring (bicyclic) bond motifs is 1. The van der Waals surface area contributed by atoms with Gasteiger partial charge in [-0.2, -0.15) is 0 Å². The summed E-state index contributed by atoms with van der Waals surface area (Å²) in [6.45, 7) is 0. The Morgan fingerprint density at radius 1 is 1.14 bits per heavy atom. The number of carbonyl (C=O) groups excluding carboxylic acids is 1. The summed E-state index contributed by atoms with van der Waals surface area (Å²) in [4.78, 5) is 19.2. The van der Waals surface area contributed by atoms with Crippen LogP contribution in [-0.4, -0.2) is 42.1 Å². The van der Waals surface area contributed by atoms with Crippen molar-refractivity contribution in [3.05, 3.63) is 52.0 Å². The molecule has 3 aromatic rings. The van der Waals surface area contributed by atoms with Crippen molar-refractivity contribution in [1.82, 2.24) is 9.88 Å². The fraction of sp³-hybridized carbons (Fsp3) is 0.333. The second kappa shape index (κ2) is 7.74. The fourth-order valence-electron chi connectivity index (χ4n) is 3.69. The Labute approximate surface area is 173 Å². The molecule has 1 saturated carbocycles. The van der Waals surface area contributed by atoms with Gasteiger partial charge in [0.25, 0.3) is 0 Å². The molecule has 28 heavy (non-hydrogen) atoms. The van der Waals surface area contributed by atoms with Gasteiger partial charge in [-0.3, -0.25) is 0 Å². The van der Waals surface area contributed by atoms with Gasteiger partial charge < -0.3 is 14.1 Å². The molecule has 0 aliphatic heterocycles.